The summed E-state index contributed by atoms with van der Waals surface area (Å²) in [6, 6.07) is 0. The van der Waals surface area contributed by atoms with Crippen LogP contribution in [0.15, 0.2) is 27.2 Å². The first-order valence-corrected chi connectivity index (χ1v) is 3.26. The fourth-order valence-corrected chi connectivity index (χ4v) is 0.697. The van der Waals surface area contributed by atoms with Crippen molar-refractivity contribution in [3.05, 3.63) is 22.2 Å². The summed E-state index contributed by atoms with van der Waals surface area (Å²) < 4.78 is 0.764. The van der Waals surface area contributed by atoms with E-state index in [2.05, 4.69) is 27.6 Å². The quantitative estimate of drug-likeness (QED) is 0.353. The summed E-state index contributed by atoms with van der Waals surface area (Å²) in [4.78, 5) is 3.52. The van der Waals surface area contributed by atoms with Gasteiger partial charge in [-0.1, -0.05) is 12.2 Å². The molecule has 0 saturated heterocycles. The molecule has 0 saturated carbocycles. The Morgan fingerprint density at radius 3 is 2.67 bits per heavy atom. The van der Waals surface area contributed by atoms with Gasteiger partial charge < -0.3 is 0 Å². The van der Waals surface area contributed by atoms with Crippen molar-refractivity contribution in [2.45, 2.75) is 6.92 Å². The van der Waals surface area contributed by atoms with Gasteiger partial charge in [-0.15, -0.1) is 0 Å². The van der Waals surface area contributed by atoms with Crippen LogP contribution in [0.4, 0.5) is 0 Å². The van der Waals surface area contributed by atoms with Gasteiger partial charge in [0.05, 0.1) is 0 Å². The highest BCUT2D eigenvalue weighted by molar-refractivity contribution is 9.12. The van der Waals surface area contributed by atoms with Gasteiger partial charge in [0, 0.05) is 10.1 Å². The van der Waals surface area contributed by atoms with Gasteiger partial charge in [-0.3, -0.25) is 4.99 Å². The van der Waals surface area contributed by atoms with Crippen LogP contribution < -0.4 is 0 Å². The minimum atomic E-state index is 0.410. The first-order chi connectivity index (χ1) is 4.22. The largest absolute Gasteiger partial charge is 0.280 e. The highest BCUT2D eigenvalue weighted by Gasteiger charge is 1.87. The molecule has 0 aromatic carbocycles. The van der Waals surface area contributed by atoms with Gasteiger partial charge in [0.15, 0.2) is 0 Å². The summed E-state index contributed by atoms with van der Waals surface area (Å²) in [6.07, 6.45) is 3.67. The van der Waals surface area contributed by atoms with Crippen molar-refractivity contribution in [1.82, 2.24) is 0 Å². The lowest BCUT2D eigenvalue weighted by molar-refractivity contribution is 1.53. The smallest absolute Gasteiger partial charge is 0.143 e. The second kappa shape index (κ2) is 4.56. The highest BCUT2D eigenvalue weighted by atomic mass is 79.9. The molecule has 46 valence electrons. The van der Waals surface area contributed by atoms with Gasteiger partial charge in [0.2, 0.25) is 0 Å². The average Bonchev–Trinajstić information content (AvgIpc) is 1.87. The lowest BCUT2D eigenvalue weighted by Crippen LogP contribution is -1.76. The molecule has 0 unspecified atom stereocenters. The van der Waals surface area contributed by atoms with Gasteiger partial charge in [-0.25, -0.2) is 0 Å². The molecule has 0 heterocycles. The van der Waals surface area contributed by atoms with E-state index in [1.54, 1.807) is 0 Å². The van der Waals surface area contributed by atoms with Crippen molar-refractivity contribution in [1.29, 1.82) is 0 Å². The predicted molar refractivity (Wildman–Crippen MR) is 46.1 cm³/mol. The molecular weight excluding hydrogens is 177 g/mol. The van der Waals surface area contributed by atoms with Crippen molar-refractivity contribution in [3.63, 3.8) is 0 Å². The van der Waals surface area contributed by atoms with E-state index < -0.39 is 0 Å². The summed E-state index contributed by atoms with van der Waals surface area (Å²) in [7, 11) is 5.35. The van der Waals surface area contributed by atoms with Gasteiger partial charge in [-0.05, 0) is 29.6 Å². The average molecular weight is 184 g/mol. The molecule has 0 amide bonds. The molecule has 0 aromatic heterocycles. The Bertz CT molecular complexity index is 160. The summed E-state index contributed by atoms with van der Waals surface area (Å²) in [5.41, 5.74) is 0.410. The third-order valence-corrected chi connectivity index (χ3v) is 1.40. The molecule has 0 aliphatic rings. The van der Waals surface area contributed by atoms with E-state index in [0.29, 0.717) is 5.60 Å². The Kier molecular flexibility index (Phi) is 4.41. The number of allylic oxidation sites excluding steroid dienone is 3. The van der Waals surface area contributed by atoms with Gasteiger partial charge in [0.1, 0.15) is 7.85 Å². The van der Waals surface area contributed by atoms with E-state index in [9.17, 15) is 0 Å². The summed E-state index contributed by atoms with van der Waals surface area (Å²) in [6.45, 7) is 5.17. The van der Waals surface area contributed by atoms with Crippen LogP contribution >= 0.6 is 15.9 Å². The Hall–Kier alpha value is -0.305. The highest BCUT2D eigenvalue weighted by Crippen LogP contribution is 2.10. The number of hydrogen-bond donors (Lipinski definition) is 0. The van der Waals surface area contributed by atoms with Crippen molar-refractivity contribution in [2.24, 2.45) is 4.99 Å². The Labute approximate surface area is 65.1 Å². The van der Waals surface area contributed by atoms with E-state index in [1.165, 1.54) is 0 Å². The minimum absolute atomic E-state index is 0.410. The molecule has 0 aliphatic heterocycles. The van der Waals surface area contributed by atoms with Crippen molar-refractivity contribution in [3.8, 4) is 0 Å². The second-order valence-electron chi connectivity index (χ2n) is 1.39. The topological polar surface area (TPSA) is 12.4 Å². The third-order valence-electron chi connectivity index (χ3n) is 0.728. The summed E-state index contributed by atoms with van der Waals surface area (Å²) >= 11 is 3.20. The zero-order valence-electron chi connectivity index (χ0n) is 5.26. The van der Waals surface area contributed by atoms with Gasteiger partial charge >= 0.3 is 0 Å². The Morgan fingerprint density at radius 1 is 1.78 bits per heavy atom. The fraction of sp³-hybridized carbons (Fsp3) is 0.167. The standard InChI is InChI=1S/C6H7BBrN/c1-3-4-5(8)6(7)9-2/h3-4H,2H2,1H3/b4-3-,6-5+. The lowest BCUT2D eigenvalue weighted by Gasteiger charge is -1.91. The van der Waals surface area contributed by atoms with E-state index in [4.69, 9.17) is 7.85 Å². The van der Waals surface area contributed by atoms with Crippen LogP contribution in [0, 0.1) is 0 Å². The van der Waals surface area contributed by atoms with Crippen LogP contribution in [-0.2, 0) is 0 Å². The van der Waals surface area contributed by atoms with E-state index in [0.717, 1.165) is 4.48 Å². The molecule has 0 aromatic rings. The number of rotatable bonds is 2. The Balaban J connectivity index is 4.27. The van der Waals surface area contributed by atoms with E-state index >= 15 is 0 Å². The maximum Gasteiger partial charge on any atom is 0.143 e. The molecule has 3 heteroatoms. The molecule has 2 radical (unpaired) electrons. The van der Waals surface area contributed by atoms with Crippen LogP contribution in [0.1, 0.15) is 6.92 Å². The third kappa shape index (κ3) is 3.30. The minimum Gasteiger partial charge on any atom is -0.280 e. The number of halogens is 1. The molecule has 9 heavy (non-hydrogen) atoms. The maximum atomic E-state index is 5.35. The van der Waals surface area contributed by atoms with E-state index in [-0.39, 0.29) is 0 Å². The summed E-state index contributed by atoms with van der Waals surface area (Å²) in [5.74, 6) is 0. The fourth-order valence-electron chi connectivity index (χ4n) is 0.307. The lowest BCUT2D eigenvalue weighted by atomic mass is 10.1. The first kappa shape index (κ1) is 8.69. The zero-order valence-corrected chi connectivity index (χ0v) is 6.85. The predicted octanol–water partition coefficient (Wildman–Crippen LogP) is 2.00. The second-order valence-corrected chi connectivity index (χ2v) is 2.25. The number of aliphatic imine (C=N–C) groups is 1. The molecule has 0 aliphatic carbocycles. The van der Waals surface area contributed by atoms with Crippen LogP contribution in [0.25, 0.3) is 0 Å². The molecule has 0 bridgehead atoms. The van der Waals surface area contributed by atoms with Crippen molar-refractivity contribution < 1.29 is 0 Å². The molecule has 0 rings (SSSR count). The molecule has 0 fully saturated rings. The van der Waals surface area contributed by atoms with Crippen LogP contribution in [0.3, 0.4) is 0 Å². The van der Waals surface area contributed by atoms with E-state index in [1.807, 2.05) is 19.1 Å². The van der Waals surface area contributed by atoms with Gasteiger partial charge in [-0.2, -0.15) is 0 Å². The van der Waals surface area contributed by atoms with Crippen LogP contribution in [-0.4, -0.2) is 14.6 Å². The maximum absolute atomic E-state index is 5.35. The molecule has 0 atom stereocenters. The van der Waals surface area contributed by atoms with Crippen LogP contribution in [0.5, 0.6) is 0 Å². The van der Waals surface area contributed by atoms with Crippen molar-refractivity contribution >= 4 is 30.5 Å². The molecular formula is C6H7BBrN. The molecule has 0 N–H and O–H groups in total. The number of hydrogen-bond acceptors (Lipinski definition) is 1. The zero-order chi connectivity index (χ0) is 7.28. The number of nitrogens with zero attached hydrogens (tertiary/aromatic N) is 1. The van der Waals surface area contributed by atoms with Gasteiger partial charge in [0.25, 0.3) is 0 Å². The monoisotopic (exact) mass is 183 g/mol. The SMILES string of the molecule is [B]/C(N=C)=C(Br)/C=C\C. The van der Waals surface area contributed by atoms with Crippen molar-refractivity contribution in [2.75, 3.05) is 0 Å². The molecule has 1 nitrogen and oxygen atoms in total. The normalized spacial score (nSPS) is 13.6. The molecule has 0 spiro atoms. The Morgan fingerprint density at radius 2 is 2.33 bits per heavy atom. The summed E-state index contributed by atoms with van der Waals surface area (Å²) in [5, 5.41) is 0. The van der Waals surface area contributed by atoms with Crippen LogP contribution in [0.2, 0.25) is 0 Å². The first-order valence-electron chi connectivity index (χ1n) is 2.47.